The van der Waals surface area contributed by atoms with Gasteiger partial charge >= 0.3 is 5.69 Å². The van der Waals surface area contributed by atoms with Crippen molar-refractivity contribution in [1.29, 1.82) is 0 Å². The fraction of sp³-hybridized carbons (Fsp3) is 0. The van der Waals surface area contributed by atoms with Gasteiger partial charge in [-0.25, -0.2) is 23.1 Å². The summed E-state index contributed by atoms with van der Waals surface area (Å²) in [5.41, 5.74) is 4.40. The van der Waals surface area contributed by atoms with E-state index in [9.17, 15) is 23.3 Å². The minimum Gasteiger partial charge on any atom is -0.378 e. The Kier molecular flexibility index (Phi) is 3.37. The number of nitrogens with zero attached hydrogens (tertiary/aromatic N) is 3. The number of hydrogen-bond donors (Lipinski definition) is 2. The van der Waals surface area contributed by atoms with Crippen LogP contribution in [0.2, 0.25) is 0 Å². The van der Waals surface area contributed by atoms with E-state index in [0.717, 1.165) is 6.33 Å². The Morgan fingerprint density at radius 2 is 1.80 bits per heavy atom. The molecular formula is C10H6F3N5O2. The van der Waals surface area contributed by atoms with Crippen LogP contribution in [-0.2, 0) is 0 Å². The Morgan fingerprint density at radius 3 is 2.35 bits per heavy atom. The molecule has 7 nitrogen and oxygen atoms in total. The van der Waals surface area contributed by atoms with Gasteiger partial charge in [-0.05, 0) is 0 Å². The van der Waals surface area contributed by atoms with E-state index in [1.54, 1.807) is 0 Å². The molecule has 0 unspecified atom stereocenters. The highest BCUT2D eigenvalue weighted by atomic mass is 19.2. The summed E-state index contributed by atoms with van der Waals surface area (Å²) in [5, 5.41) is 13.1. The molecule has 0 aliphatic carbocycles. The van der Waals surface area contributed by atoms with Gasteiger partial charge in [0.2, 0.25) is 11.6 Å². The lowest BCUT2D eigenvalue weighted by molar-refractivity contribution is -0.383. The molecule has 1 heterocycles. The van der Waals surface area contributed by atoms with Crippen molar-refractivity contribution < 1.29 is 18.1 Å². The van der Waals surface area contributed by atoms with Crippen molar-refractivity contribution in [2.45, 2.75) is 0 Å². The van der Waals surface area contributed by atoms with Gasteiger partial charge in [0, 0.05) is 17.8 Å². The zero-order valence-corrected chi connectivity index (χ0v) is 9.60. The minimum atomic E-state index is -1.65. The Bertz CT molecular complexity index is 672. The van der Waals surface area contributed by atoms with E-state index in [1.807, 2.05) is 0 Å². The third kappa shape index (κ3) is 2.43. The van der Waals surface area contributed by atoms with Crippen molar-refractivity contribution in [2.24, 2.45) is 0 Å². The van der Waals surface area contributed by atoms with Gasteiger partial charge in [-0.15, -0.1) is 0 Å². The summed E-state index contributed by atoms with van der Waals surface area (Å²) < 4.78 is 38.9. The van der Waals surface area contributed by atoms with Crippen LogP contribution < -0.4 is 11.1 Å². The van der Waals surface area contributed by atoms with Gasteiger partial charge in [0.15, 0.2) is 17.5 Å². The molecule has 1 aromatic heterocycles. The van der Waals surface area contributed by atoms with Crippen LogP contribution in [0.25, 0.3) is 0 Å². The molecule has 0 saturated carbocycles. The monoisotopic (exact) mass is 285 g/mol. The number of nitrogen functional groups attached to an aromatic ring is 1. The first-order valence-electron chi connectivity index (χ1n) is 5.06. The Balaban J connectivity index is 2.45. The van der Waals surface area contributed by atoms with E-state index >= 15 is 0 Å². The zero-order chi connectivity index (χ0) is 14.9. The van der Waals surface area contributed by atoms with Gasteiger partial charge in [-0.2, -0.15) is 0 Å². The number of nitro groups is 1. The second-order valence-electron chi connectivity index (χ2n) is 3.59. The Hall–Kier alpha value is -2.91. The van der Waals surface area contributed by atoms with E-state index < -0.39 is 33.9 Å². The largest absolute Gasteiger partial charge is 0.378 e. The zero-order valence-electron chi connectivity index (χ0n) is 9.60. The van der Waals surface area contributed by atoms with Gasteiger partial charge in [0.05, 0.1) is 4.92 Å². The van der Waals surface area contributed by atoms with Crippen LogP contribution >= 0.6 is 0 Å². The maximum absolute atomic E-state index is 13.0. The number of rotatable bonds is 3. The van der Waals surface area contributed by atoms with Gasteiger partial charge in [-0.1, -0.05) is 0 Å². The maximum Gasteiger partial charge on any atom is 0.353 e. The second kappa shape index (κ2) is 4.99. The fourth-order valence-corrected chi connectivity index (χ4v) is 1.43. The van der Waals surface area contributed by atoms with Gasteiger partial charge in [0.25, 0.3) is 0 Å². The van der Waals surface area contributed by atoms with Crippen molar-refractivity contribution in [3.05, 3.63) is 46.0 Å². The summed E-state index contributed by atoms with van der Waals surface area (Å²) in [6, 6.07) is 1.25. The first-order chi connectivity index (χ1) is 9.40. The fourth-order valence-electron chi connectivity index (χ4n) is 1.43. The highest BCUT2D eigenvalue weighted by Crippen LogP contribution is 2.29. The quantitative estimate of drug-likeness (QED) is 0.508. The summed E-state index contributed by atoms with van der Waals surface area (Å²) in [6.07, 6.45) is 0.931. The van der Waals surface area contributed by atoms with E-state index in [0.29, 0.717) is 12.1 Å². The SMILES string of the molecule is Nc1ncnc(Nc2cc(F)c(F)c(F)c2)c1[N+](=O)[O-]. The molecule has 2 aromatic rings. The van der Waals surface area contributed by atoms with Crippen LogP contribution in [0.1, 0.15) is 0 Å². The lowest BCUT2D eigenvalue weighted by Crippen LogP contribution is -2.05. The molecule has 0 atom stereocenters. The van der Waals surface area contributed by atoms with Crippen LogP contribution in [0.3, 0.4) is 0 Å². The second-order valence-corrected chi connectivity index (χ2v) is 3.59. The number of benzene rings is 1. The summed E-state index contributed by atoms with van der Waals surface area (Å²) in [4.78, 5) is 16.9. The Morgan fingerprint density at radius 1 is 1.20 bits per heavy atom. The molecule has 3 N–H and O–H groups in total. The molecule has 0 bridgehead atoms. The topological polar surface area (TPSA) is 107 Å². The molecular weight excluding hydrogens is 279 g/mol. The third-order valence-corrected chi connectivity index (χ3v) is 2.28. The number of hydrogen-bond acceptors (Lipinski definition) is 6. The van der Waals surface area contributed by atoms with Crippen molar-refractivity contribution in [3.8, 4) is 0 Å². The van der Waals surface area contributed by atoms with Crippen molar-refractivity contribution in [2.75, 3.05) is 11.1 Å². The van der Waals surface area contributed by atoms with E-state index in [2.05, 4.69) is 15.3 Å². The van der Waals surface area contributed by atoms with Crippen molar-refractivity contribution in [1.82, 2.24) is 9.97 Å². The maximum atomic E-state index is 13.0. The predicted molar refractivity (Wildman–Crippen MR) is 62.7 cm³/mol. The van der Waals surface area contributed by atoms with Crippen LogP contribution in [0.4, 0.5) is 36.2 Å². The van der Waals surface area contributed by atoms with Crippen LogP contribution in [0.5, 0.6) is 0 Å². The number of halogens is 3. The molecule has 104 valence electrons. The lowest BCUT2D eigenvalue weighted by Gasteiger charge is -2.07. The molecule has 0 aliphatic heterocycles. The highest BCUT2D eigenvalue weighted by Gasteiger charge is 2.21. The van der Waals surface area contributed by atoms with E-state index in [4.69, 9.17) is 5.73 Å². The minimum absolute atomic E-state index is 0.261. The Labute approximate surface area is 109 Å². The van der Waals surface area contributed by atoms with E-state index in [1.165, 1.54) is 0 Å². The molecule has 0 spiro atoms. The predicted octanol–water partition coefficient (Wildman–Crippen LogP) is 2.13. The summed E-state index contributed by atoms with van der Waals surface area (Å²) in [7, 11) is 0. The lowest BCUT2D eigenvalue weighted by atomic mass is 10.2. The van der Waals surface area contributed by atoms with Crippen molar-refractivity contribution >= 4 is 23.0 Å². The molecule has 0 aliphatic rings. The number of anilines is 3. The average molecular weight is 285 g/mol. The molecule has 0 amide bonds. The normalized spacial score (nSPS) is 10.3. The van der Waals surface area contributed by atoms with E-state index in [-0.39, 0.29) is 11.5 Å². The highest BCUT2D eigenvalue weighted by molar-refractivity contribution is 5.72. The third-order valence-electron chi connectivity index (χ3n) is 2.28. The summed E-state index contributed by atoms with van der Waals surface area (Å²) >= 11 is 0. The molecule has 0 radical (unpaired) electrons. The molecule has 0 fully saturated rings. The van der Waals surface area contributed by atoms with Crippen molar-refractivity contribution in [3.63, 3.8) is 0 Å². The van der Waals surface area contributed by atoms with Crippen LogP contribution in [-0.4, -0.2) is 14.9 Å². The number of aromatic nitrogens is 2. The number of nitrogens with two attached hydrogens (primary N) is 1. The first kappa shape index (κ1) is 13.5. The van der Waals surface area contributed by atoms with Crippen LogP contribution in [0.15, 0.2) is 18.5 Å². The molecule has 0 saturated heterocycles. The average Bonchev–Trinajstić information content (AvgIpc) is 2.35. The van der Waals surface area contributed by atoms with Gasteiger partial charge in [-0.3, -0.25) is 10.1 Å². The number of nitrogens with one attached hydrogen (secondary N) is 1. The van der Waals surface area contributed by atoms with Gasteiger partial charge < -0.3 is 11.1 Å². The standard InChI is InChI=1S/C10H6F3N5O2/c11-5-1-4(2-6(12)7(5)13)17-10-8(18(19)20)9(14)15-3-16-10/h1-3H,(H3,14,15,16,17). The smallest absolute Gasteiger partial charge is 0.353 e. The van der Waals surface area contributed by atoms with Crippen LogP contribution in [0, 0.1) is 27.6 Å². The molecule has 10 heteroatoms. The summed E-state index contributed by atoms with van der Waals surface area (Å²) in [5.74, 6) is -5.33. The first-order valence-corrected chi connectivity index (χ1v) is 5.06. The molecule has 20 heavy (non-hydrogen) atoms. The molecule has 1 aromatic carbocycles. The summed E-state index contributed by atoms with van der Waals surface area (Å²) in [6.45, 7) is 0. The molecule has 2 rings (SSSR count). The van der Waals surface area contributed by atoms with Gasteiger partial charge in [0.1, 0.15) is 6.33 Å².